The summed E-state index contributed by atoms with van der Waals surface area (Å²) < 4.78 is 11.7. The molecule has 2 aliphatic rings. The number of nitrogens with zero attached hydrogens (tertiary/aromatic N) is 3. The van der Waals surface area contributed by atoms with Crippen LogP contribution in [0.4, 0.5) is 0 Å². The first kappa shape index (κ1) is 18.5. The molecule has 0 aliphatic carbocycles. The number of aliphatic imine (C=N–C) groups is 1. The number of rotatable bonds is 6. The van der Waals surface area contributed by atoms with Gasteiger partial charge in [-0.1, -0.05) is 6.92 Å². The van der Waals surface area contributed by atoms with Gasteiger partial charge >= 0.3 is 0 Å². The maximum Gasteiger partial charge on any atom is 0.193 e. The smallest absolute Gasteiger partial charge is 0.193 e. The number of morpholine rings is 1. The van der Waals surface area contributed by atoms with Crippen molar-refractivity contribution in [1.29, 1.82) is 0 Å². The highest BCUT2D eigenvalue weighted by atomic mass is 16.5. The van der Waals surface area contributed by atoms with Crippen LogP contribution >= 0.6 is 0 Å². The first-order valence-corrected chi connectivity index (χ1v) is 9.08. The van der Waals surface area contributed by atoms with Crippen molar-refractivity contribution >= 4 is 5.96 Å². The zero-order chi connectivity index (χ0) is 16.7. The standard InChI is InChI=1S/C17H34N4O2/c1-5-20(14(2)3)9-8-19-17(18-4)21-10-12-23-16(13-21)15-7-6-11-22-15/h14-16H,5-13H2,1-4H3,(H,18,19). The van der Waals surface area contributed by atoms with Crippen LogP contribution in [0.2, 0.25) is 0 Å². The molecule has 2 unspecified atom stereocenters. The normalized spacial score (nSPS) is 26.3. The summed E-state index contributed by atoms with van der Waals surface area (Å²) in [4.78, 5) is 9.22. The number of likely N-dealkylation sites (N-methyl/N-ethyl adjacent to an activating group) is 1. The molecule has 0 aromatic heterocycles. The van der Waals surface area contributed by atoms with Crippen LogP contribution in [0, 0.1) is 0 Å². The summed E-state index contributed by atoms with van der Waals surface area (Å²) in [5, 5.41) is 3.51. The molecule has 2 heterocycles. The van der Waals surface area contributed by atoms with Gasteiger partial charge in [0.15, 0.2) is 5.96 Å². The lowest BCUT2D eigenvalue weighted by Gasteiger charge is -2.37. The summed E-state index contributed by atoms with van der Waals surface area (Å²) in [7, 11) is 1.86. The predicted molar refractivity (Wildman–Crippen MR) is 94.0 cm³/mol. The summed E-state index contributed by atoms with van der Waals surface area (Å²) in [5.74, 6) is 0.983. The molecule has 1 N–H and O–H groups in total. The molecule has 2 atom stereocenters. The molecule has 2 saturated heterocycles. The number of guanidine groups is 1. The van der Waals surface area contributed by atoms with Crippen molar-refractivity contribution in [3.8, 4) is 0 Å². The molecule has 6 heteroatoms. The Bertz CT molecular complexity index is 370. The van der Waals surface area contributed by atoms with Gasteiger partial charge in [-0.15, -0.1) is 0 Å². The first-order chi connectivity index (χ1) is 11.2. The van der Waals surface area contributed by atoms with Gasteiger partial charge in [-0.3, -0.25) is 9.89 Å². The van der Waals surface area contributed by atoms with Gasteiger partial charge in [0.05, 0.1) is 12.7 Å². The van der Waals surface area contributed by atoms with Gasteiger partial charge in [-0.2, -0.15) is 0 Å². The van der Waals surface area contributed by atoms with Crippen LogP contribution in [0.1, 0.15) is 33.6 Å². The minimum absolute atomic E-state index is 0.174. The molecule has 0 saturated carbocycles. The third-order valence-corrected chi connectivity index (χ3v) is 4.80. The van der Waals surface area contributed by atoms with Crippen LogP contribution < -0.4 is 5.32 Å². The minimum atomic E-state index is 0.174. The van der Waals surface area contributed by atoms with Gasteiger partial charge in [0.2, 0.25) is 0 Å². The monoisotopic (exact) mass is 326 g/mol. The van der Waals surface area contributed by atoms with Gasteiger partial charge in [-0.05, 0) is 33.2 Å². The number of nitrogens with one attached hydrogen (secondary N) is 1. The summed E-state index contributed by atoms with van der Waals surface area (Å²) in [6.07, 6.45) is 2.70. The summed E-state index contributed by atoms with van der Waals surface area (Å²) in [6.45, 7) is 13.1. The molecule has 0 bridgehead atoms. The molecular formula is C17H34N4O2. The van der Waals surface area contributed by atoms with E-state index in [2.05, 4.69) is 40.9 Å². The van der Waals surface area contributed by atoms with Gasteiger partial charge in [0.25, 0.3) is 0 Å². The number of hydrogen-bond acceptors (Lipinski definition) is 4. The molecule has 2 aliphatic heterocycles. The summed E-state index contributed by atoms with van der Waals surface area (Å²) in [5.41, 5.74) is 0. The Morgan fingerprint density at radius 3 is 2.70 bits per heavy atom. The van der Waals surface area contributed by atoms with Gasteiger partial charge in [0.1, 0.15) is 6.10 Å². The zero-order valence-corrected chi connectivity index (χ0v) is 15.3. The summed E-state index contributed by atoms with van der Waals surface area (Å²) in [6, 6.07) is 0.580. The Balaban J connectivity index is 1.80. The number of ether oxygens (including phenoxy) is 2. The Hall–Kier alpha value is -0.850. The Labute approximate surface area is 141 Å². The molecule has 0 amide bonds. The lowest BCUT2D eigenvalue weighted by atomic mass is 10.1. The van der Waals surface area contributed by atoms with Crippen molar-refractivity contribution in [2.75, 3.05) is 53.0 Å². The van der Waals surface area contributed by atoms with Crippen LogP contribution in [0.15, 0.2) is 4.99 Å². The highest BCUT2D eigenvalue weighted by molar-refractivity contribution is 5.80. The van der Waals surface area contributed by atoms with Crippen LogP contribution in [0.5, 0.6) is 0 Å². The highest BCUT2D eigenvalue weighted by Gasteiger charge is 2.32. The van der Waals surface area contributed by atoms with Gasteiger partial charge in [-0.25, -0.2) is 0 Å². The van der Waals surface area contributed by atoms with E-state index in [1.54, 1.807) is 0 Å². The number of hydrogen-bond donors (Lipinski definition) is 1. The average molecular weight is 326 g/mol. The first-order valence-electron chi connectivity index (χ1n) is 9.08. The fourth-order valence-corrected chi connectivity index (χ4v) is 3.41. The second-order valence-electron chi connectivity index (χ2n) is 6.60. The van der Waals surface area contributed by atoms with E-state index < -0.39 is 0 Å². The molecule has 2 fully saturated rings. The van der Waals surface area contributed by atoms with Crippen molar-refractivity contribution in [2.45, 2.75) is 51.9 Å². The second kappa shape index (κ2) is 9.45. The second-order valence-corrected chi connectivity index (χ2v) is 6.60. The summed E-state index contributed by atoms with van der Waals surface area (Å²) >= 11 is 0. The molecule has 0 aromatic carbocycles. The van der Waals surface area contributed by atoms with Crippen molar-refractivity contribution in [2.24, 2.45) is 4.99 Å². The van der Waals surface area contributed by atoms with Gasteiger partial charge < -0.3 is 19.7 Å². The van der Waals surface area contributed by atoms with E-state index in [1.807, 2.05) is 7.05 Å². The molecule has 6 nitrogen and oxygen atoms in total. The van der Waals surface area contributed by atoms with Crippen LogP contribution in [-0.2, 0) is 9.47 Å². The van der Waals surface area contributed by atoms with Crippen LogP contribution in [0.3, 0.4) is 0 Å². The van der Waals surface area contributed by atoms with E-state index in [-0.39, 0.29) is 12.2 Å². The fourth-order valence-electron chi connectivity index (χ4n) is 3.41. The minimum Gasteiger partial charge on any atom is -0.375 e. The van der Waals surface area contributed by atoms with Crippen molar-refractivity contribution < 1.29 is 9.47 Å². The quantitative estimate of drug-likeness (QED) is 0.587. The fraction of sp³-hybridized carbons (Fsp3) is 0.941. The Kier molecular flexibility index (Phi) is 7.59. The zero-order valence-electron chi connectivity index (χ0n) is 15.3. The largest absolute Gasteiger partial charge is 0.375 e. The maximum absolute atomic E-state index is 5.92. The predicted octanol–water partition coefficient (Wildman–Crippen LogP) is 1.17. The molecule has 0 spiro atoms. The van der Waals surface area contributed by atoms with Crippen molar-refractivity contribution in [3.05, 3.63) is 0 Å². The average Bonchev–Trinajstić information content (AvgIpc) is 3.09. The van der Waals surface area contributed by atoms with E-state index >= 15 is 0 Å². The van der Waals surface area contributed by atoms with Gasteiger partial charge in [0, 0.05) is 45.9 Å². The molecule has 23 heavy (non-hydrogen) atoms. The lowest BCUT2D eigenvalue weighted by Crippen LogP contribution is -2.54. The van der Waals surface area contributed by atoms with Crippen LogP contribution in [0.25, 0.3) is 0 Å². The van der Waals surface area contributed by atoms with E-state index in [1.165, 1.54) is 0 Å². The molecule has 2 rings (SSSR count). The van der Waals surface area contributed by atoms with Crippen LogP contribution in [-0.4, -0.2) is 87.0 Å². The molecule has 134 valence electrons. The Morgan fingerprint density at radius 1 is 1.30 bits per heavy atom. The van der Waals surface area contributed by atoms with E-state index in [0.29, 0.717) is 6.04 Å². The van der Waals surface area contributed by atoms with Crippen molar-refractivity contribution in [1.82, 2.24) is 15.1 Å². The van der Waals surface area contributed by atoms with Crippen molar-refractivity contribution in [3.63, 3.8) is 0 Å². The molecule has 0 aromatic rings. The Morgan fingerprint density at radius 2 is 2.09 bits per heavy atom. The maximum atomic E-state index is 5.92. The highest BCUT2D eigenvalue weighted by Crippen LogP contribution is 2.20. The third-order valence-electron chi connectivity index (χ3n) is 4.80. The van der Waals surface area contributed by atoms with E-state index in [4.69, 9.17) is 9.47 Å². The van der Waals surface area contributed by atoms with E-state index in [9.17, 15) is 0 Å². The third kappa shape index (κ3) is 5.33. The van der Waals surface area contributed by atoms with E-state index in [0.717, 1.165) is 64.7 Å². The molecule has 0 radical (unpaired) electrons. The SMILES string of the molecule is CCN(CCNC(=NC)N1CCOC(C2CCCO2)C1)C(C)C. The topological polar surface area (TPSA) is 49.3 Å². The lowest BCUT2D eigenvalue weighted by molar-refractivity contribution is -0.0817. The molecular weight excluding hydrogens is 292 g/mol.